The molecule has 1 amide bonds. The zero-order chi connectivity index (χ0) is 25.0. The fourth-order valence-electron chi connectivity index (χ4n) is 2.36. The van der Waals surface area contributed by atoms with Gasteiger partial charge in [0.1, 0.15) is 20.2 Å². The van der Waals surface area contributed by atoms with Crippen molar-refractivity contribution in [1.82, 2.24) is 0 Å². The Morgan fingerprint density at radius 2 is 1.72 bits per heavy atom. The smallest absolute Gasteiger partial charge is 0.438 e. The van der Waals surface area contributed by atoms with E-state index in [9.17, 15) is 44.3 Å². The van der Waals surface area contributed by atoms with E-state index in [1.165, 1.54) is 13.9 Å². The molecule has 1 rings (SSSR count). The molecular formula is C16H16BF6NO7S. The van der Waals surface area contributed by atoms with Gasteiger partial charge in [0.2, 0.25) is 0 Å². The third-order valence-corrected chi connectivity index (χ3v) is 4.63. The maximum absolute atomic E-state index is 13.3. The Bertz CT molecular complexity index is 964. The van der Waals surface area contributed by atoms with E-state index in [-0.39, 0.29) is 24.2 Å². The van der Waals surface area contributed by atoms with Gasteiger partial charge >= 0.3 is 30.0 Å². The zero-order valence-corrected chi connectivity index (χ0v) is 17.0. The largest absolute Gasteiger partial charge is 0.445 e. The lowest BCUT2D eigenvalue weighted by molar-refractivity contribution is -0.356. The molecule has 1 aromatic carbocycles. The quantitative estimate of drug-likeness (QED) is 0.189. The van der Waals surface area contributed by atoms with Gasteiger partial charge in [-0.05, 0) is 23.8 Å². The van der Waals surface area contributed by atoms with Crippen LogP contribution in [0.25, 0.3) is 0 Å². The lowest BCUT2D eigenvalue weighted by Crippen LogP contribution is -2.63. The van der Waals surface area contributed by atoms with Gasteiger partial charge in [-0.2, -0.15) is 34.8 Å². The standard InChI is InChI=1S/C16H16BF6NO7S/c1-2-5-30-13(26)24-11-4-3-9(6-10(11)7-17)12(25)31-14(15(18,19)20,16(21,22)23)8-32(27,28)29/h2-4,6H,1,5,7-8,17H2,(H,24,26)(H,27,28,29). The first-order valence-electron chi connectivity index (χ1n) is 8.47. The van der Waals surface area contributed by atoms with E-state index in [0.29, 0.717) is 0 Å². The molecule has 32 heavy (non-hydrogen) atoms. The summed E-state index contributed by atoms with van der Waals surface area (Å²) in [4.78, 5) is 23.8. The van der Waals surface area contributed by atoms with Crippen molar-refractivity contribution in [3.05, 3.63) is 42.0 Å². The van der Waals surface area contributed by atoms with Gasteiger partial charge in [0.25, 0.3) is 10.1 Å². The molecule has 8 nitrogen and oxygen atoms in total. The molecule has 0 saturated carbocycles. The SMILES string of the molecule is BCc1cc(C(=O)OC(CS(=O)(=O)O)(C(F)(F)F)C(F)(F)F)ccc1NC(=O)OCC=C. The molecule has 0 aliphatic heterocycles. The molecule has 0 heterocycles. The van der Waals surface area contributed by atoms with Crippen LogP contribution < -0.4 is 5.32 Å². The molecule has 0 aromatic heterocycles. The topological polar surface area (TPSA) is 119 Å². The van der Waals surface area contributed by atoms with E-state index < -0.39 is 51.5 Å². The number of hydrogen-bond acceptors (Lipinski definition) is 6. The van der Waals surface area contributed by atoms with E-state index >= 15 is 0 Å². The predicted octanol–water partition coefficient (Wildman–Crippen LogP) is 2.46. The Morgan fingerprint density at radius 3 is 2.16 bits per heavy atom. The highest BCUT2D eigenvalue weighted by Crippen LogP contribution is 2.47. The lowest BCUT2D eigenvalue weighted by Gasteiger charge is -2.35. The molecule has 0 bridgehead atoms. The van der Waals surface area contributed by atoms with Gasteiger partial charge in [0.05, 0.1) is 5.56 Å². The number of carbonyl (C=O) groups is 2. The fraction of sp³-hybridized carbons (Fsp3) is 0.375. The van der Waals surface area contributed by atoms with Crippen molar-refractivity contribution in [2.45, 2.75) is 24.3 Å². The Hall–Kier alpha value is -2.75. The van der Waals surface area contributed by atoms with Gasteiger partial charge in [0.15, 0.2) is 0 Å². The number of esters is 1. The average molecular weight is 491 g/mol. The van der Waals surface area contributed by atoms with Gasteiger partial charge in [0, 0.05) is 5.69 Å². The van der Waals surface area contributed by atoms with Gasteiger partial charge in [-0.15, -0.1) is 0 Å². The average Bonchev–Trinajstić information content (AvgIpc) is 2.63. The van der Waals surface area contributed by atoms with Crippen LogP contribution in [0.2, 0.25) is 0 Å². The molecule has 1 aromatic rings. The van der Waals surface area contributed by atoms with E-state index in [2.05, 4.69) is 21.4 Å². The second-order valence-electron chi connectivity index (χ2n) is 6.18. The number of ether oxygens (including phenoxy) is 2. The van der Waals surface area contributed by atoms with Gasteiger partial charge in [-0.3, -0.25) is 9.87 Å². The van der Waals surface area contributed by atoms with Crippen molar-refractivity contribution in [1.29, 1.82) is 0 Å². The number of nitrogens with one attached hydrogen (secondary N) is 1. The minimum Gasteiger partial charge on any atom is -0.445 e. The first-order valence-corrected chi connectivity index (χ1v) is 10.1. The van der Waals surface area contributed by atoms with Crippen molar-refractivity contribution in [2.24, 2.45) is 0 Å². The van der Waals surface area contributed by atoms with Gasteiger partial charge in [-0.1, -0.05) is 19.0 Å². The molecule has 0 radical (unpaired) electrons. The normalized spacial score (nSPS) is 12.7. The molecule has 0 unspecified atom stereocenters. The molecule has 16 heteroatoms. The molecule has 0 saturated heterocycles. The van der Waals surface area contributed by atoms with Crippen LogP contribution in [0, 0.1) is 0 Å². The van der Waals surface area contributed by atoms with E-state index in [1.807, 2.05) is 0 Å². The molecule has 0 aliphatic rings. The molecule has 0 aliphatic carbocycles. The zero-order valence-electron chi connectivity index (χ0n) is 16.2. The first-order chi connectivity index (χ1) is 14.5. The number of halogens is 6. The summed E-state index contributed by atoms with van der Waals surface area (Å²) in [6, 6.07) is 2.59. The lowest BCUT2D eigenvalue weighted by atomic mass is 9.94. The second-order valence-corrected chi connectivity index (χ2v) is 7.63. The first kappa shape index (κ1) is 27.3. The van der Waals surface area contributed by atoms with Crippen molar-refractivity contribution < 1.29 is 58.4 Å². The van der Waals surface area contributed by atoms with Crippen molar-refractivity contribution in [3.8, 4) is 0 Å². The highest BCUT2D eigenvalue weighted by molar-refractivity contribution is 7.85. The summed E-state index contributed by atoms with van der Waals surface area (Å²) in [5.41, 5.74) is -6.19. The van der Waals surface area contributed by atoms with Crippen LogP contribution in [-0.4, -0.2) is 63.2 Å². The third kappa shape index (κ3) is 6.62. The van der Waals surface area contributed by atoms with E-state index in [4.69, 9.17) is 4.55 Å². The minimum absolute atomic E-state index is 0.0361. The van der Waals surface area contributed by atoms with Crippen LogP contribution in [0.3, 0.4) is 0 Å². The number of hydrogen-bond donors (Lipinski definition) is 2. The molecule has 2 N–H and O–H groups in total. The summed E-state index contributed by atoms with van der Waals surface area (Å²) in [6.45, 7) is 3.17. The van der Waals surface area contributed by atoms with Gasteiger partial charge in [-0.25, -0.2) is 9.59 Å². The Morgan fingerprint density at radius 1 is 1.16 bits per heavy atom. The van der Waals surface area contributed by atoms with Crippen LogP contribution in [0.4, 0.5) is 36.8 Å². The second kappa shape index (κ2) is 9.81. The summed E-state index contributed by atoms with van der Waals surface area (Å²) in [6.07, 6.45) is -12.5. The summed E-state index contributed by atoms with van der Waals surface area (Å²) in [5.74, 6) is -5.16. The number of alkyl halides is 6. The van der Waals surface area contributed by atoms with Crippen LogP contribution in [0.15, 0.2) is 30.9 Å². The Balaban J connectivity index is 3.37. The van der Waals surface area contributed by atoms with Crippen molar-refractivity contribution in [2.75, 3.05) is 17.7 Å². The molecule has 0 atom stereocenters. The van der Waals surface area contributed by atoms with Crippen LogP contribution in [0.5, 0.6) is 0 Å². The monoisotopic (exact) mass is 491 g/mol. The molecule has 178 valence electrons. The number of amides is 1. The van der Waals surface area contributed by atoms with Crippen molar-refractivity contribution >= 4 is 35.7 Å². The maximum atomic E-state index is 13.3. The Labute approximate surface area is 178 Å². The van der Waals surface area contributed by atoms with Crippen molar-refractivity contribution in [3.63, 3.8) is 0 Å². The van der Waals surface area contributed by atoms with Crippen LogP contribution >= 0.6 is 0 Å². The van der Waals surface area contributed by atoms with Gasteiger partial charge < -0.3 is 9.47 Å². The Kier molecular flexibility index (Phi) is 8.37. The molecule has 0 fully saturated rings. The van der Waals surface area contributed by atoms with Crippen LogP contribution in [-0.2, 0) is 25.9 Å². The number of benzene rings is 1. The molecular weight excluding hydrogens is 475 g/mol. The fourth-order valence-corrected chi connectivity index (χ4v) is 3.26. The molecule has 0 spiro atoms. The highest BCUT2D eigenvalue weighted by Gasteiger charge is 2.76. The summed E-state index contributed by atoms with van der Waals surface area (Å²) < 4.78 is 118. The predicted molar refractivity (Wildman–Crippen MR) is 101 cm³/mol. The summed E-state index contributed by atoms with van der Waals surface area (Å²) in [7, 11) is -4.40. The number of rotatable bonds is 8. The summed E-state index contributed by atoms with van der Waals surface area (Å²) >= 11 is 0. The summed E-state index contributed by atoms with van der Waals surface area (Å²) in [5, 5.41) is 2.26. The minimum atomic E-state index is -6.44. The highest BCUT2D eigenvalue weighted by atomic mass is 32.2. The van der Waals surface area contributed by atoms with E-state index in [0.717, 1.165) is 18.2 Å². The number of anilines is 1. The number of carbonyl (C=O) groups excluding carboxylic acids is 2. The third-order valence-electron chi connectivity index (χ3n) is 3.86. The van der Waals surface area contributed by atoms with Crippen LogP contribution in [0.1, 0.15) is 15.9 Å². The van der Waals surface area contributed by atoms with E-state index in [1.54, 1.807) is 0 Å². The maximum Gasteiger partial charge on any atom is 0.438 e.